The van der Waals surface area contributed by atoms with Gasteiger partial charge in [-0.1, -0.05) is 141 Å². The number of aliphatic hydroxyl groups excluding tert-OH is 8. The number of carbonyl (C=O) groups is 1. The fourth-order valence-electron chi connectivity index (χ4n) is 7.36. The quantitative estimate of drug-likeness (QED) is 0.0334. The predicted octanol–water partition coefficient (Wildman–Crippen LogP) is 4.21. The Labute approximate surface area is 348 Å². The highest BCUT2D eigenvalue weighted by Crippen LogP contribution is 2.30. The molecule has 58 heavy (non-hydrogen) atoms. The topological polar surface area (TPSA) is 228 Å². The van der Waals surface area contributed by atoms with Gasteiger partial charge in [-0.2, -0.15) is 0 Å². The third kappa shape index (κ3) is 20.4. The van der Waals surface area contributed by atoms with Crippen LogP contribution in [0.5, 0.6) is 0 Å². The zero-order chi connectivity index (χ0) is 42.5. The molecule has 2 aliphatic heterocycles. The molecule has 2 rings (SSSR count). The Kier molecular flexibility index (Phi) is 29.2. The summed E-state index contributed by atoms with van der Waals surface area (Å²) in [6.45, 7) is 2.70. The summed E-state index contributed by atoms with van der Waals surface area (Å²) in [5.41, 5.74) is 0. The Morgan fingerprint density at radius 3 is 1.69 bits per heavy atom. The second kappa shape index (κ2) is 32.2. The van der Waals surface area contributed by atoms with Crippen molar-refractivity contribution in [2.75, 3.05) is 19.8 Å². The molecule has 2 aliphatic rings. The molecule has 0 saturated carbocycles. The Morgan fingerprint density at radius 2 is 1.10 bits per heavy atom. The Bertz CT molecular complexity index is 1080. The number of amides is 1. The monoisotopic (exact) mass is 832 g/mol. The van der Waals surface area contributed by atoms with E-state index < -0.39 is 86.8 Å². The number of hydrogen-bond donors (Lipinski definition) is 9. The summed E-state index contributed by atoms with van der Waals surface area (Å²) < 4.78 is 22.6. The lowest BCUT2D eigenvalue weighted by Gasteiger charge is -2.46. The molecule has 2 heterocycles. The maximum absolute atomic E-state index is 13.0. The van der Waals surface area contributed by atoms with E-state index in [1.54, 1.807) is 6.08 Å². The second-order valence-corrected chi connectivity index (χ2v) is 16.2. The molecule has 0 aromatic carbocycles. The Hall–Kier alpha value is -1.53. The zero-order valence-electron chi connectivity index (χ0n) is 35.5. The van der Waals surface area contributed by atoms with Gasteiger partial charge in [0, 0.05) is 6.42 Å². The van der Waals surface area contributed by atoms with Gasteiger partial charge in [-0.15, -0.1) is 0 Å². The summed E-state index contributed by atoms with van der Waals surface area (Å²) in [4.78, 5) is 13.0. The smallest absolute Gasteiger partial charge is 0.220 e. The molecule has 2 saturated heterocycles. The van der Waals surface area contributed by atoms with Crippen LogP contribution in [0.15, 0.2) is 24.3 Å². The molecular formula is C44H81NO13. The molecule has 14 nitrogen and oxygen atoms in total. The van der Waals surface area contributed by atoms with Crippen molar-refractivity contribution < 1.29 is 64.6 Å². The van der Waals surface area contributed by atoms with Crippen LogP contribution in [0.2, 0.25) is 0 Å². The molecule has 2 fully saturated rings. The fraction of sp³-hybridized carbons (Fsp3) is 0.886. The van der Waals surface area contributed by atoms with E-state index in [1.165, 1.54) is 89.9 Å². The summed E-state index contributed by atoms with van der Waals surface area (Å²) in [6.07, 6.45) is 15.3. The molecule has 0 aromatic rings. The van der Waals surface area contributed by atoms with E-state index in [1.807, 2.05) is 6.08 Å². The number of carbonyl (C=O) groups excluding carboxylic acids is 1. The Morgan fingerprint density at radius 1 is 0.603 bits per heavy atom. The van der Waals surface area contributed by atoms with Crippen LogP contribution in [0, 0.1) is 0 Å². The first kappa shape index (κ1) is 52.6. The molecular weight excluding hydrogens is 750 g/mol. The molecule has 0 aromatic heterocycles. The lowest BCUT2D eigenvalue weighted by molar-refractivity contribution is -0.359. The van der Waals surface area contributed by atoms with Crippen molar-refractivity contribution in [2.24, 2.45) is 0 Å². The molecule has 0 spiro atoms. The highest BCUT2D eigenvalue weighted by Gasteiger charge is 2.50. The number of allylic oxidation sites excluding steroid dienone is 3. The first-order chi connectivity index (χ1) is 28.1. The SMILES string of the molecule is CCCCCCCCCCCC/C=C/CC/C=C/C(O)C(COC1OC(CO)C(OC2OC(CO)C(O)C(O)C2O)C(O)C1O)NC(=O)CCCCCCCCCC. The summed E-state index contributed by atoms with van der Waals surface area (Å²) in [7, 11) is 0. The van der Waals surface area contributed by atoms with Gasteiger partial charge in [0.05, 0.1) is 32.0 Å². The molecule has 0 bridgehead atoms. The maximum atomic E-state index is 13.0. The molecule has 0 radical (unpaired) electrons. The normalized spacial score (nSPS) is 29.0. The van der Waals surface area contributed by atoms with Crippen molar-refractivity contribution in [3.05, 3.63) is 24.3 Å². The van der Waals surface area contributed by atoms with Crippen molar-refractivity contribution in [3.63, 3.8) is 0 Å². The van der Waals surface area contributed by atoms with Crippen molar-refractivity contribution in [1.29, 1.82) is 0 Å². The van der Waals surface area contributed by atoms with E-state index in [4.69, 9.17) is 18.9 Å². The van der Waals surface area contributed by atoms with Crippen LogP contribution >= 0.6 is 0 Å². The molecule has 0 aliphatic carbocycles. The minimum atomic E-state index is -1.79. The van der Waals surface area contributed by atoms with Gasteiger partial charge in [0.1, 0.15) is 48.8 Å². The van der Waals surface area contributed by atoms with Crippen LogP contribution < -0.4 is 5.32 Å². The summed E-state index contributed by atoms with van der Waals surface area (Å²) >= 11 is 0. The molecule has 12 unspecified atom stereocenters. The van der Waals surface area contributed by atoms with Gasteiger partial charge in [-0.05, 0) is 32.1 Å². The molecule has 14 heteroatoms. The highest BCUT2D eigenvalue weighted by molar-refractivity contribution is 5.76. The largest absolute Gasteiger partial charge is 0.394 e. The maximum Gasteiger partial charge on any atom is 0.220 e. The summed E-state index contributed by atoms with van der Waals surface area (Å²) in [5, 5.41) is 86.3. The average molecular weight is 832 g/mol. The lowest BCUT2D eigenvalue weighted by Crippen LogP contribution is -2.65. The molecule has 12 atom stereocenters. The van der Waals surface area contributed by atoms with E-state index in [2.05, 4.69) is 31.3 Å². The van der Waals surface area contributed by atoms with Crippen LogP contribution in [-0.4, -0.2) is 140 Å². The van der Waals surface area contributed by atoms with Crippen LogP contribution in [0.3, 0.4) is 0 Å². The van der Waals surface area contributed by atoms with E-state index in [9.17, 15) is 45.6 Å². The number of hydrogen-bond acceptors (Lipinski definition) is 13. The van der Waals surface area contributed by atoms with Gasteiger partial charge in [0.2, 0.25) is 5.91 Å². The van der Waals surface area contributed by atoms with Crippen LogP contribution in [0.4, 0.5) is 0 Å². The fourth-order valence-corrected chi connectivity index (χ4v) is 7.36. The van der Waals surface area contributed by atoms with Crippen LogP contribution in [0.1, 0.15) is 155 Å². The lowest BCUT2D eigenvalue weighted by atomic mass is 9.97. The molecule has 1 amide bonds. The van der Waals surface area contributed by atoms with E-state index in [-0.39, 0.29) is 18.9 Å². The van der Waals surface area contributed by atoms with Gasteiger partial charge in [0.15, 0.2) is 12.6 Å². The number of rotatable bonds is 33. The van der Waals surface area contributed by atoms with Crippen molar-refractivity contribution >= 4 is 5.91 Å². The summed E-state index contributed by atoms with van der Waals surface area (Å²) in [5.74, 6) is -0.256. The van der Waals surface area contributed by atoms with Crippen molar-refractivity contribution in [1.82, 2.24) is 5.32 Å². The standard InChI is InChI=1S/C44H81NO13/c1-3-5-7-9-11-13-14-15-16-17-18-19-20-21-23-25-27-33(48)32(45-36(49)28-26-24-22-12-10-8-6-4-2)31-55-43-41(54)39(52)42(35(30-47)57-43)58-44-40(53)38(51)37(50)34(29-46)56-44/h19-20,25,27,32-35,37-44,46-48,50-54H,3-18,21-24,26,28-31H2,1-2H3,(H,45,49)/b20-19+,27-25+. The highest BCUT2D eigenvalue weighted by atomic mass is 16.7. The van der Waals surface area contributed by atoms with E-state index >= 15 is 0 Å². The minimum absolute atomic E-state index is 0.256. The van der Waals surface area contributed by atoms with Crippen molar-refractivity contribution in [3.8, 4) is 0 Å². The first-order valence-corrected chi connectivity index (χ1v) is 22.6. The third-order valence-corrected chi connectivity index (χ3v) is 11.1. The number of aliphatic hydroxyl groups is 8. The van der Waals surface area contributed by atoms with Gasteiger partial charge in [0.25, 0.3) is 0 Å². The van der Waals surface area contributed by atoms with Crippen LogP contribution in [-0.2, 0) is 23.7 Å². The van der Waals surface area contributed by atoms with Crippen LogP contribution in [0.25, 0.3) is 0 Å². The number of unbranched alkanes of at least 4 members (excludes halogenated alkanes) is 18. The molecule has 9 N–H and O–H groups in total. The van der Waals surface area contributed by atoms with Gasteiger partial charge in [-0.3, -0.25) is 4.79 Å². The minimum Gasteiger partial charge on any atom is -0.394 e. The summed E-state index contributed by atoms with van der Waals surface area (Å²) in [6, 6.07) is -0.923. The molecule has 340 valence electrons. The predicted molar refractivity (Wildman–Crippen MR) is 221 cm³/mol. The van der Waals surface area contributed by atoms with Gasteiger partial charge in [-0.25, -0.2) is 0 Å². The average Bonchev–Trinajstić information content (AvgIpc) is 3.22. The Balaban J connectivity index is 1.91. The van der Waals surface area contributed by atoms with Gasteiger partial charge >= 0.3 is 0 Å². The van der Waals surface area contributed by atoms with E-state index in [0.717, 1.165) is 32.1 Å². The van der Waals surface area contributed by atoms with E-state index in [0.29, 0.717) is 12.8 Å². The third-order valence-electron chi connectivity index (χ3n) is 11.1. The second-order valence-electron chi connectivity index (χ2n) is 16.2. The number of nitrogens with one attached hydrogen (secondary N) is 1. The number of ether oxygens (including phenoxy) is 4. The van der Waals surface area contributed by atoms with Crippen molar-refractivity contribution in [2.45, 2.75) is 229 Å². The zero-order valence-corrected chi connectivity index (χ0v) is 35.5. The van der Waals surface area contributed by atoms with Gasteiger partial charge < -0.3 is 65.1 Å². The first-order valence-electron chi connectivity index (χ1n) is 22.6.